The van der Waals surface area contributed by atoms with Crippen molar-refractivity contribution in [3.05, 3.63) is 147 Å². The van der Waals surface area contributed by atoms with Crippen molar-refractivity contribution in [1.82, 2.24) is 5.32 Å². The van der Waals surface area contributed by atoms with Gasteiger partial charge in [0.1, 0.15) is 6.04 Å². The Labute approximate surface area is 352 Å². The van der Waals surface area contributed by atoms with Crippen molar-refractivity contribution < 1.29 is 53.4 Å². The first-order chi connectivity index (χ1) is 29.5. The van der Waals surface area contributed by atoms with Gasteiger partial charge in [-0.2, -0.15) is 0 Å². The molecule has 19 nitrogen and oxygen atoms in total. The number of hydrogen-bond acceptors (Lipinski definition) is 11. The number of hydrogen-bond donors (Lipinski definition) is 8. The van der Waals surface area contributed by atoms with Crippen molar-refractivity contribution in [2.75, 3.05) is 27.9 Å². The Kier molecular flexibility index (Phi) is 14.3. The number of primary amides is 1. The fraction of sp³-hybridized carbons (Fsp3) is 0.140. The van der Waals surface area contributed by atoms with Crippen LogP contribution in [0.25, 0.3) is 0 Å². The van der Waals surface area contributed by atoms with Gasteiger partial charge in [-0.05, 0) is 103 Å². The van der Waals surface area contributed by atoms with Crippen LogP contribution in [-0.2, 0) is 9.59 Å². The van der Waals surface area contributed by atoms with Crippen molar-refractivity contribution in [2.45, 2.75) is 26.3 Å². The zero-order chi connectivity index (χ0) is 45.1. The number of carboxylic acid groups (broad SMARTS) is 1. The molecule has 6 amide bonds. The van der Waals surface area contributed by atoms with Gasteiger partial charge < -0.3 is 47.3 Å². The van der Waals surface area contributed by atoms with E-state index in [9.17, 15) is 48.8 Å². The van der Waals surface area contributed by atoms with E-state index in [1.807, 2.05) is 13.8 Å². The Hall–Kier alpha value is -8.61. The van der Waals surface area contributed by atoms with E-state index < -0.39 is 64.5 Å². The van der Waals surface area contributed by atoms with Crippen molar-refractivity contribution in [1.29, 1.82) is 0 Å². The monoisotopic (exact) mass is 845 g/mol. The average Bonchev–Trinajstić information content (AvgIpc) is 3.23. The van der Waals surface area contributed by atoms with Crippen LogP contribution in [0, 0.1) is 16.0 Å². The molecule has 0 unspecified atom stereocenters. The van der Waals surface area contributed by atoms with Crippen molar-refractivity contribution in [2.24, 2.45) is 11.7 Å². The molecule has 0 heterocycles. The van der Waals surface area contributed by atoms with Gasteiger partial charge in [-0.1, -0.05) is 13.8 Å². The lowest BCUT2D eigenvalue weighted by Gasteiger charge is -2.18. The van der Waals surface area contributed by atoms with Crippen LogP contribution in [-0.4, -0.2) is 69.2 Å². The number of carbonyl (C=O) groups is 7. The van der Waals surface area contributed by atoms with Gasteiger partial charge in [-0.15, -0.1) is 0 Å². The number of nitro groups is 1. The molecule has 1 atom stereocenters. The van der Waals surface area contributed by atoms with E-state index in [-0.39, 0.29) is 68.8 Å². The number of anilines is 4. The summed E-state index contributed by atoms with van der Waals surface area (Å²) in [7, 11) is 0. The minimum absolute atomic E-state index is 0.00622. The molecule has 0 aliphatic heterocycles. The molecular weight excluding hydrogens is 807 g/mol. The number of aromatic hydroxyl groups is 1. The molecule has 0 radical (unpaired) electrons. The van der Waals surface area contributed by atoms with E-state index in [4.69, 9.17) is 15.6 Å². The molecule has 0 saturated heterocycles. The van der Waals surface area contributed by atoms with Gasteiger partial charge in [0.2, 0.25) is 11.8 Å². The zero-order valence-corrected chi connectivity index (χ0v) is 33.0. The molecule has 0 fully saturated rings. The summed E-state index contributed by atoms with van der Waals surface area (Å²) < 4.78 is 5.81. The first-order valence-electron chi connectivity index (χ1n) is 18.6. The number of non-ortho nitro benzene ring substituents is 1. The number of nitro benzene ring substituents is 1. The lowest BCUT2D eigenvalue weighted by Crippen LogP contribution is -2.46. The van der Waals surface area contributed by atoms with E-state index in [0.717, 1.165) is 0 Å². The topological polar surface area (TPSA) is 298 Å². The zero-order valence-electron chi connectivity index (χ0n) is 33.0. The number of carbonyl (C=O) groups excluding carboxylic acids is 6. The molecule has 62 heavy (non-hydrogen) atoms. The highest BCUT2D eigenvalue weighted by atomic mass is 16.6. The summed E-state index contributed by atoms with van der Waals surface area (Å²) in [6.07, 6.45) is -0.560. The summed E-state index contributed by atoms with van der Waals surface area (Å²) in [6, 6.07) is 22.7. The third-order valence-electron chi connectivity index (χ3n) is 8.76. The van der Waals surface area contributed by atoms with E-state index in [0.29, 0.717) is 5.69 Å². The number of nitrogens with zero attached hydrogens (tertiary/aromatic N) is 1. The lowest BCUT2D eigenvalue weighted by atomic mass is 10.1. The van der Waals surface area contributed by atoms with Crippen molar-refractivity contribution in [3.8, 4) is 11.5 Å². The van der Waals surface area contributed by atoms with Crippen LogP contribution < -0.4 is 37.1 Å². The standard InChI is InChI=1S/C43H39N7O12/c1-23(2)22-62-37-33(20-19-32(36(37)52)41(56)46-29-15-7-27(8-16-29)43(58)59)48-39(54)24-5-13-30(14-6-24)47-42(57)34(21-35(44)51)49-40(55)25-3-11-28(12-4-25)45-38(53)26-9-17-31(18-10-26)50(60)61/h3-20,23,34,52H,21-22H2,1-2H3,(H2,44,51)(H,45,53)(H,46,56)(H,47,57)(H,48,54)(H,49,55)(H,58,59)/t34-/m0/s1. The molecule has 19 heteroatoms. The van der Waals surface area contributed by atoms with Gasteiger partial charge in [0.25, 0.3) is 29.3 Å². The molecule has 0 aliphatic carbocycles. The molecule has 0 spiro atoms. The number of ether oxygens (including phenoxy) is 1. The minimum Gasteiger partial charge on any atom is -0.504 e. The maximum absolute atomic E-state index is 13.3. The van der Waals surface area contributed by atoms with E-state index in [1.54, 1.807) is 0 Å². The van der Waals surface area contributed by atoms with Crippen LogP contribution in [0.2, 0.25) is 0 Å². The first kappa shape index (κ1) is 44.5. The second-order valence-corrected chi connectivity index (χ2v) is 13.9. The normalized spacial score (nSPS) is 11.1. The second-order valence-electron chi connectivity index (χ2n) is 13.9. The predicted molar refractivity (Wildman–Crippen MR) is 225 cm³/mol. The summed E-state index contributed by atoms with van der Waals surface area (Å²) in [5.74, 6) is -6.23. The summed E-state index contributed by atoms with van der Waals surface area (Å²) in [5.41, 5.74) is 6.16. The number of aromatic carboxylic acids is 1. The third-order valence-corrected chi connectivity index (χ3v) is 8.76. The summed E-state index contributed by atoms with van der Waals surface area (Å²) in [4.78, 5) is 98.6. The Balaban J connectivity index is 1.22. The molecule has 5 aromatic rings. The molecule has 5 aromatic carbocycles. The molecule has 0 aliphatic rings. The maximum atomic E-state index is 13.3. The highest BCUT2D eigenvalue weighted by Crippen LogP contribution is 2.39. The third kappa shape index (κ3) is 11.7. The van der Waals surface area contributed by atoms with Crippen LogP contribution in [0.4, 0.5) is 28.4 Å². The fourth-order valence-corrected chi connectivity index (χ4v) is 5.57. The fourth-order valence-electron chi connectivity index (χ4n) is 5.57. The van der Waals surface area contributed by atoms with Gasteiger partial charge in [-0.3, -0.25) is 38.9 Å². The van der Waals surface area contributed by atoms with Crippen LogP contribution >= 0.6 is 0 Å². The number of amides is 6. The van der Waals surface area contributed by atoms with Crippen LogP contribution in [0.15, 0.2) is 109 Å². The lowest BCUT2D eigenvalue weighted by molar-refractivity contribution is -0.384. The Morgan fingerprint density at radius 1 is 0.645 bits per heavy atom. The predicted octanol–water partition coefficient (Wildman–Crippen LogP) is 5.40. The van der Waals surface area contributed by atoms with Crippen molar-refractivity contribution in [3.63, 3.8) is 0 Å². The van der Waals surface area contributed by atoms with E-state index in [1.165, 1.54) is 109 Å². The number of nitrogens with two attached hydrogens (primary N) is 1. The Morgan fingerprint density at radius 2 is 1.11 bits per heavy atom. The number of phenols is 1. The molecule has 5 rings (SSSR count). The minimum atomic E-state index is -1.41. The Bertz CT molecular complexity index is 2530. The maximum Gasteiger partial charge on any atom is 0.335 e. The van der Waals surface area contributed by atoms with Crippen LogP contribution in [0.5, 0.6) is 11.5 Å². The molecule has 9 N–H and O–H groups in total. The largest absolute Gasteiger partial charge is 0.504 e. The summed E-state index contributed by atoms with van der Waals surface area (Å²) in [5, 5.41) is 44.0. The first-order valence-corrected chi connectivity index (χ1v) is 18.6. The summed E-state index contributed by atoms with van der Waals surface area (Å²) >= 11 is 0. The number of phenolic OH excluding ortho intramolecular Hbond substituents is 1. The molecule has 0 saturated carbocycles. The number of nitrogens with one attached hydrogen (secondary N) is 5. The molecule has 318 valence electrons. The van der Waals surface area contributed by atoms with Gasteiger partial charge >= 0.3 is 5.97 Å². The van der Waals surface area contributed by atoms with Crippen LogP contribution in [0.1, 0.15) is 72.1 Å². The second kappa shape index (κ2) is 19.9. The van der Waals surface area contributed by atoms with Crippen LogP contribution in [0.3, 0.4) is 0 Å². The van der Waals surface area contributed by atoms with E-state index >= 15 is 0 Å². The van der Waals surface area contributed by atoms with Gasteiger partial charge in [0.05, 0.1) is 34.8 Å². The highest BCUT2D eigenvalue weighted by molar-refractivity contribution is 6.10. The van der Waals surface area contributed by atoms with Gasteiger partial charge in [-0.25, -0.2) is 4.79 Å². The molecule has 0 bridgehead atoms. The number of carboxylic acids is 1. The van der Waals surface area contributed by atoms with Gasteiger partial charge in [0, 0.05) is 45.9 Å². The SMILES string of the molecule is CC(C)COc1c(NC(=O)c2ccc(NC(=O)[C@H](CC(N)=O)NC(=O)c3ccc(NC(=O)c4ccc([N+](=O)[O-])cc4)cc3)cc2)ccc(C(=O)Nc2ccc(C(=O)O)cc2)c1O. The van der Waals surface area contributed by atoms with E-state index in [2.05, 4.69) is 26.6 Å². The van der Waals surface area contributed by atoms with Crippen molar-refractivity contribution >= 4 is 69.8 Å². The highest BCUT2D eigenvalue weighted by Gasteiger charge is 2.25. The summed E-state index contributed by atoms with van der Waals surface area (Å²) in [6.45, 7) is 3.83. The quantitative estimate of drug-likeness (QED) is 0.0431. The molecular formula is C43H39N7O12. The Morgan fingerprint density at radius 3 is 1.61 bits per heavy atom. The smallest absolute Gasteiger partial charge is 0.335 e. The van der Waals surface area contributed by atoms with Gasteiger partial charge in [0.15, 0.2) is 11.5 Å². The molecule has 0 aromatic heterocycles. The average molecular weight is 846 g/mol. The number of rotatable bonds is 17. The number of benzene rings is 5.